The summed E-state index contributed by atoms with van der Waals surface area (Å²) in [5.41, 5.74) is 4.75. The molecule has 0 amide bonds. The third-order valence-electron chi connectivity index (χ3n) is 5.92. The number of anilines is 1. The van der Waals surface area contributed by atoms with E-state index in [0.29, 0.717) is 6.42 Å². The van der Waals surface area contributed by atoms with Crippen molar-refractivity contribution in [2.45, 2.75) is 32.7 Å². The summed E-state index contributed by atoms with van der Waals surface area (Å²) in [5.74, 6) is -0.124. The molecule has 0 saturated heterocycles. The molecule has 28 heavy (non-hydrogen) atoms. The number of nitrogens with one attached hydrogen (secondary N) is 1. The Bertz CT molecular complexity index is 1160. The van der Waals surface area contributed by atoms with Crippen molar-refractivity contribution in [1.29, 1.82) is 0 Å². The Morgan fingerprint density at radius 3 is 2.64 bits per heavy atom. The van der Waals surface area contributed by atoms with Gasteiger partial charge in [0.1, 0.15) is 5.82 Å². The molecule has 1 N–H and O–H groups in total. The third kappa shape index (κ3) is 2.65. The van der Waals surface area contributed by atoms with Crippen LogP contribution in [0, 0.1) is 11.2 Å². The van der Waals surface area contributed by atoms with E-state index in [1.54, 1.807) is 6.07 Å². The van der Waals surface area contributed by atoms with Crippen molar-refractivity contribution in [3.63, 3.8) is 0 Å². The maximum Gasteiger partial charge on any atom is 0.162 e. The van der Waals surface area contributed by atoms with Gasteiger partial charge in [-0.1, -0.05) is 56.3 Å². The van der Waals surface area contributed by atoms with Gasteiger partial charge in [-0.15, -0.1) is 0 Å². The molecule has 2 nitrogen and oxygen atoms in total. The Kier molecular flexibility index (Phi) is 3.70. The van der Waals surface area contributed by atoms with Crippen molar-refractivity contribution in [1.82, 2.24) is 0 Å². The quantitative estimate of drug-likeness (QED) is 0.545. The summed E-state index contributed by atoms with van der Waals surface area (Å²) in [6, 6.07) is 18.7. The molecule has 140 valence electrons. The molecule has 1 aliphatic carbocycles. The first kappa shape index (κ1) is 17.2. The van der Waals surface area contributed by atoms with Crippen LogP contribution in [-0.2, 0) is 4.79 Å². The maximum atomic E-state index is 13.9. The van der Waals surface area contributed by atoms with Gasteiger partial charge < -0.3 is 5.32 Å². The summed E-state index contributed by atoms with van der Waals surface area (Å²) in [4.78, 5) is 13.3. The smallest absolute Gasteiger partial charge is 0.162 e. The van der Waals surface area contributed by atoms with E-state index in [1.807, 2.05) is 18.2 Å². The van der Waals surface area contributed by atoms with Crippen molar-refractivity contribution in [3.05, 3.63) is 83.2 Å². The van der Waals surface area contributed by atoms with Gasteiger partial charge in [0.25, 0.3) is 0 Å². The largest absolute Gasteiger partial charge is 0.373 e. The highest BCUT2D eigenvalue weighted by Gasteiger charge is 2.40. The summed E-state index contributed by atoms with van der Waals surface area (Å²) in [6.45, 7) is 4.30. The van der Waals surface area contributed by atoms with Crippen molar-refractivity contribution in [3.8, 4) is 0 Å². The summed E-state index contributed by atoms with van der Waals surface area (Å²) in [6.07, 6.45) is 1.35. The van der Waals surface area contributed by atoms with Crippen molar-refractivity contribution in [2.24, 2.45) is 5.41 Å². The minimum atomic E-state index is -0.317. The number of hydrogen-bond donors (Lipinski definition) is 1. The molecule has 0 spiro atoms. The number of ketones is 1. The van der Waals surface area contributed by atoms with Crippen LogP contribution >= 0.6 is 0 Å². The number of halogens is 1. The van der Waals surface area contributed by atoms with Gasteiger partial charge in [-0.2, -0.15) is 0 Å². The van der Waals surface area contributed by atoms with E-state index < -0.39 is 0 Å². The van der Waals surface area contributed by atoms with E-state index in [4.69, 9.17) is 0 Å². The lowest BCUT2D eigenvalue weighted by atomic mass is 9.68. The lowest BCUT2D eigenvalue weighted by molar-refractivity contribution is -0.118. The fourth-order valence-electron chi connectivity index (χ4n) is 4.77. The van der Waals surface area contributed by atoms with Crippen LogP contribution in [0.5, 0.6) is 0 Å². The number of fused-ring (bicyclic) bond motifs is 4. The fourth-order valence-corrected chi connectivity index (χ4v) is 4.77. The summed E-state index contributed by atoms with van der Waals surface area (Å²) in [5, 5.41) is 5.86. The standard InChI is InChI=1S/C25H22FNO/c1-25(2)13-19-22-18-9-4-3-6-15(18)10-11-20(22)27-24(23(19)21(28)14-25)16-7-5-8-17(26)12-16/h3-12,24,27H,13-14H2,1-2H3/t24-/m1/s1. The predicted octanol–water partition coefficient (Wildman–Crippen LogP) is 6.29. The Labute approximate surface area is 164 Å². The number of benzene rings is 3. The maximum absolute atomic E-state index is 13.9. The lowest BCUT2D eigenvalue weighted by Gasteiger charge is -2.40. The SMILES string of the molecule is CC1(C)CC(=O)C2=C(C1)c1c(ccc3ccccc13)N[C@@H]2c1cccc(F)c1. The molecule has 3 aromatic carbocycles. The molecule has 2 aliphatic rings. The second-order valence-electron chi connectivity index (χ2n) is 8.67. The third-order valence-corrected chi connectivity index (χ3v) is 5.92. The number of allylic oxidation sites excluding steroid dienone is 1. The molecular formula is C25H22FNO. The molecule has 0 aromatic heterocycles. The normalized spacial score (nSPS) is 20.5. The highest BCUT2D eigenvalue weighted by atomic mass is 19.1. The molecular weight excluding hydrogens is 349 g/mol. The number of rotatable bonds is 1. The average molecular weight is 371 g/mol. The van der Waals surface area contributed by atoms with Gasteiger partial charge in [0, 0.05) is 23.2 Å². The minimum absolute atomic E-state index is 0.0893. The van der Waals surface area contributed by atoms with Crippen LogP contribution < -0.4 is 5.32 Å². The van der Waals surface area contributed by atoms with Crippen LogP contribution in [0.25, 0.3) is 16.3 Å². The summed E-state index contributed by atoms with van der Waals surface area (Å²) < 4.78 is 13.9. The van der Waals surface area contributed by atoms with E-state index in [0.717, 1.165) is 45.2 Å². The molecule has 3 heteroatoms. The Balaban J connectivity index is 1.81. The molecule has 1 atom stereocenters. The van der Waals surface area contributed by atoms with Gasteiger partial charge in [0.2, 0.25) is 0 Å². The highest BCUT2D eigenvalue weighted by Crippen LogP contribution is 2.51. The van der Waals surface area contributed by atoms with Crippen molar-refractivity contribution in [2.75, 3.05) is 5.32 Å². The second-order valence-corrected chi connectivity index (χ2v) is 8.67. The molecule has 0 unspecified atom stereocenters. The summed E-state index contributed by atoms with van der Waals surface area (Å²) in [7, 11) is 0. The van der Waals surface area contributed by atoms with Gasteiger partial charge in [0.15, 0.2) is 5.78 Å². The van der Waals surface area contributed by atoms with E-state index >= 15 is 0 Å². The second kappa shape index (κ2) is 6.03. The van der Waals surface area contributed by atoms with Crippen molar-refractivity contribution >= 4 is 27.8 Å². The Hall–Kier alpha value is -2.94. The zero-order valence-corrected chi connectivity index (χ0v) is 16.1. The van der Waals surface area contributed by atoms with Crippen LogP contribution in [0.1, 0.15) is 43.9 Å². The van der Waals surface area contributed by atoms with E-state index in [1.165, 1.54) is 12.1 Å². The fraction of sp³-hybridized carbons (Fsp3) is 0.240. The minimum Gasteiger partial charge on any atom is -0.373 e. The molecule has 0 bridgehead atoms. The van der Waals surface area contributed by atoms with Crippen LogP contribution in [-0.4, -0.2) is 5.78 Å². The topological polar surface area (TPSA) is 29.1 Å². The first-order chi connectivity index (χ1) is 13.4. The van der Waals surface area contributed by atoms with E-state index in [-0.39, 0.29) is 23.1 Å². The van der Waals surface area contributed by atoms with Gasteiger partial charge in [0.05, 0.1) is 6.04 Å². The lowest BCUT2D eigenvalue weighted by Crippen LogP contribution is -2.33. The number of hydrogen-bond acceptors (Lipinski definition) is 2. The molecule has 0 radical (unpaired) electrons. The van der Waals surface area contributed by atoms with Crippen molar-refractivity contribution < 1.29 is 9.18 Å². The first-order valence-corrected chi connectivity index (χ1v) is 9.73. The number of Topliss-reactive ketones (excluding diaryl/α,β-unsaturated/α-hetero) is 1. The molecule has 5 rings (SSSR count). The Morgan fingerprint density at radius 1 is 1.00 bits per heavy atom. The molecule has 1 aliphatic heterocycles. The average Bonchev–Trinajstić information content (AvgIpc) is 2.66. The van der Waals surface area contributed by atoms with Gasteiger partial charge >= 0.3 is 0 Å². The Morgan fingerprint density at radius 2 is 1.82 bits per heavy atom. The number of carbonyl (C=O) groups is 1. The monoisotopic (exact) mass is 371 g/mol. The highest BCUT2D eigenvalue weighted by molar-refractivity contribution is 6.12. The van der Waals surface area contributed by atoms with Crippen LogP contribution in [0.4, 0.5) is 10.1 Å². The number of carbonyl (C=O) groups excluding carboxylic acids is 1. The molecule has 1 heterocycles. The van der Waals surface area contributed by atoms with Crippen LogP contribution in [0.15, 0.2) is 66.2 Å². The zero-order chi connectivity index (χ0) is 19.5. The summed E-state index contributed by atoms with van der Waals surface area (Å²) >= 11 is 0. The molecule has 3 aromatic rings. The van der Waals surface area contributed by atoms with Crippen LogP contribution in [0.3, 0.4) is 0 Å². The van der Waals surface area contributed by atoms with E-state index in [9.17, 15) is 9.18 Å². The predicted molar refractivity (Wildman–Crippen MR) is 112 cm³/mol. The van der Waals surface area contributed by atoms with E-state index in [2.05, 4.69) is 43.4 Å². The zero-order valence-electron chi connectivity index (χ0n) is 16.1. The van der Waals surface area contributed by atoms with Crippen LogP contribution in [0.2, 0.25) is 0 Å². The first-order valence-electron chi connectivity index (χ1n) is 9.73. The molecule has 0 fully saturated rings. The molecule has 0 saturated carbocycles. The van der Waals surface area contributed by atoms with Gasteiger partial charge in [-0.3, -0.25) is 4.79 Å². The van der Waals surface area contributed by atoms with Gasteiger partial charge in [-0.05, 0) is 51.9 Å². The van der Waals surface area contributed by atoms with Gasteiger partial charge in [-0.25, -0.2) is 4.39 Å².